The van der Waals surface area contributed by atoms with E-state index in [0.29, 0.717) is 23.5 Å². The third-order valence-corrected chi connectivity index (χ3v) is 8.33. The predicted octanol–water partition coefficient (Wildman–Crippen LogP) is 3.70. The molecule has 1 amide bonds. The molecule has 0 aromatic heterocycles. The number of nitrogens with one attached hydrogen (secondary N) is 1. The highest BCUT2D eigenvalue weighted by Crippen LogP contribution is 2.35. The van der Waals surface area contributed by atoms with Crippen LogP contribution in [0, 0.1) is 0 Å². The van der Waals surface area contributed by atoms with Gasteiger partial charge in [-0.25, -0.2) is 8.42 Å². The fraction of sp³-hybridized carbons (Fsp3) is 0.321. The van der Waals surface area contributed by atoms with E-state index in [-0.39, 0.29) is 18.2 Å². The van der Waals surface area contributed by atoms with Crippen LogP contribution >= 0.6 is 0 Å². The number of amides is 1. The van der Waals surface area contributed by atoms with Crippen molar-refractivity contribution >= 4 is 21.6 Å². The van der Waals surface area contributed by atoms with Gasteiger partial charge in [-0.1, -0.05) is 66.7 Å². The Kier molecular flexibility index (Phi) is 7.25. The SMILES string of the molecule is O=C(NCc1cccc(CN2CCCC2)c1)[C@@H]1CN(S(=O)(=O)Cc2ccccc2)c2ccccc2O1. The molecule has 1 atom stereocenters. The van der Waals surface area contributed by atoms with E-state index < -0.39 is 16.1 Å². The molecule has 3 aromatic carbocycles. The Labute approximate surface area is 212 Å². The topological polar surface area (TPSA) is 79.0 Å². The minimum atomic E-state index is -3.73. The third kappa shape index (κ3) is 5.71. The summed E-state index contributed by atoms with van der Waals surface area (Å²) in [7, 11) is -3.73. The van der Waals surface area contributed by atoms with E-state index in [0.717, 1.165) is 25.2 Å². The predicted molar refractivity (Wildman–Crippen MR) is 140 cm³/mol. The smallest absolute Gasteiger partial charge is 0.263 e. The molecule has 8 heteroatoms. The van der Waals surface area contributed by atoms with Crippen molar-refractivity contribution in [3.8, 4) is 5.75 Å². The van der Waals surface area contributed by atoms with Crippen LogP contribution in [-0.4, -0.2) is 45.0 Å². The number of carbonyl (C=O) groups is 1. The second kappa shape index (κ2) is 10.7. The first-order valence-corrected chi connectivity index (χ1v) is 14.0. The number of anilines is 1. The van der Waals surface area contributed by atoms with Crippen LogP contribution in [0.4, 0.5) is 5.69 Å². The molecule has 1 N–H and O–H groups in total. The fourth-order valence-electron chi connectivity index (χ4n) is 4.80. The second-order valence-corrected chi connectivity index (χ2v) is 11.3. The lowest BCUT2D eigenvalue weighted by Crippen LogP contribution is -2.50. The maximum atomic E-state index is 13.4. The van der Waals surface area contributed by atoms with Crippen molar-refractivity contribution in [1.29, 1.82) is 0 Å². The van der Waals surface area contributed by atoms with Crippen molar-refractivity contribution < 1.29 is 17.9 Å². The second-order valence-electron chi connectivity index (χ2n) is 9.37. The molecule has 36 heavy (non-hydrogen) atoms. The Morgan fingerprint density at radius 3 is 2.39 bits per heavy atom. The standard InChI is InChI=1S/C28H31N3O4S/c32-28(29-18-23-11-8-12-24(17-23)19-30-15-6-7-16-30)27-20-31(25-13-4-5-14-26(25)35-27)36(33,34)21-22-9-2-1-3-10-22/h1-5,8-14,17,27H,6-7,15-16,18-21H2,(H,29,32)/t27-/m0/s1. The van der Waals surface area contributed by atoms with Crippen molar-refractivity contribution in [2.75, 3.05) is 23.9 Å². The van der Waals surface area contributed by atoms with Crippen LogP contribution < -0.4 is 14.4 Å². The molecule has 2 aliphatic rings. The number of rotatable bonds is 8. The summed E-state index contributed by atoms with van der Waals surface area (Å²) < 4.78 is 34.0. The molecule has 2 aliphatic heterocycles. The molecule has 0 spiro atoms. The van der Waals surface area contributed by atoms with Crippen LogP contribution in [0.15, 0.2) is 78.9 Å². The normalized spacial score (nSPS) is 17.9. The quantitative estimate of drug-likeness (QED) is 0.505. The first-order chi connectivity index (χ1) is 17.5. The summed E-state index contributed by atoms with van der Waals surface area (Å²) in [5.74, 6) is -0.108. The van der Waals surface area contributed by atoms with E-state index in [4.69, 9.17) is 4.74 Å². The molecular formula is C28H31N3O4S. The van der Waals surface area contributed by atoms with Crippen LogP contribution in [0.2, 0.25) is 0 Å². The molecule has 2 heterocycles. The van der Waals surface area contributed by atoms with E-state index in [1.165, 1.54) is 22.7 Å². The number of fused-ring (bicyclic) bond motifs is 1. The zero-order chi connectivity index (χ0) is 25.0. The van der Waals surface area contributed by atoms with Gasteiger partial charge in [0, 0.05) is 13.1 Å². The molecule has 1 saturated heterocycles. The average molecular weight is 506 g/mol. The molecule has 5 rings (SSSR count). The molecule has 0 bridgehead atoms. The van der Waals surface area contributed by atoms with Crippen LogP contribution in [0.5, 0.6) is 5.75 Å². The number of hydrogen-bond donors (Lipinski definition) is 1. The van der Waals surface area contributed by atoms with Gasteiger partial charge in [-0.15, -0.1) is 0 Å². The van der Waals surface area contributed by atoms with Gasteiger partial charge in [0.05, 0.1) is 18.0 Å². The summed E-state index contributed by atoms with van der Waals surface area (Å²) >= 11 is 0. The third-order valence-electron chi connectivity index (χ3n) is 6.62. The van der Waals surface area contributed by atoms with Crippen LogP contribution in [-0.2, 0) is 33.7 Å². The molecule has 188 valence electrons. The van der Waals surface area contributed by atoms with E-state index in [1.54, 1.807) is 36.4 Å². The van der Waals surface area contributed by atoms with Gasteiger partial charge in [0.2, 0.25) is 10.0 Å². The number of benzene rings is 3. The maximum Gasteiger partial charge on any atom is 0.263 e. The van der Waals surface area contributed by atoms with Gasteiger partial charge in [-0.2, -0.15) is 0 Å². The van der Waals surface area contributed by atoms with Crippen LogP contribution in [0.3, 0.4) is 0 Å². The molecule has 0 radical (unpaired) electrons. The molecule has 7 nitrogen and oxygen atoms in total. The van der Waals surface area contributed by atoms with E-state index >= 15 is 0 Å². The lowest BCUT2D eigenvalue weighted by atomic mass is 10.1. The van der Waals surface area contributed by atoms with E-state index in [1.807, 2.05) is 30.3 Å². The minimum Gasteiger partial charge on any atom is -0.476 e. The first kappa shape index (κ1) is 24.3. The maximum absolute atomic E-state index is 13.4. The molecule has 3 aromatic rings. The number of carbonyl (C=O) groups excluding carboxylic acids is 1. The number of para-hydroxylation sites is 2. The van der Waals surface area contributed by atoms with E-state index in [2.05, 4.69) is 22.3 Å². The largest absolute Gasteiger partial charge is 0.476 e. The summed E-state index contributed by atoms with van der Waals surface area (Å²) in [4.78, 5) is 15.5. The molecule has 0 saturated carbocycles. The zero-order valence-electron chi connectivity index (χ0n) is 20.2. The zero-order valence-corrected chi connectivity index (χ0v) is 21.0. The van der Waals surface area contributed by atoms with Crippen LogP contribution in [0.1, 0.15) is 29.5 Å². The number of nitrogens with zero attached hydrogens (tertiary/aromatic N) is 2. The van der Waals surface area contributed by atoms with Crippen molar-refractivity contribution in [2.24, 2.45) is 0 Å². The van der Waals surface area contributed by atoms with Gasteiger partial charge < -0.3 is 10.1 Å². The summed E-state index contributed by atoms with van der Waals surface area (Å²) in [5.41, 5.74) is 3.37. The Morgan fingerprint density at radius 2 is 1.58 bits per heavy atom. The highest BCUT2D eigenvalue weighted by molar-refractivity contribution is 7.92. The van der Waals surface area contributed by atoms with Gasteiger partial charge in [-0.05, 0) is 54.8 Å². The highest BCUT2D eigenvalue weighted by Gasteiger charge is 2.36. The summed E-state index contributed by atoms with van der Waals surface area (Å²) in [5, 5.41) is 2.94. The van der Waals surface area contributed by atoms with Gasteiger partial charge in [-0.3, -0.25) is 14.0 Å². The Morgan fingerprint density at radius 1 is 0.889 bits per heavy atom. The minimum absolute atomic E-state index is 0.0764. The molecule has 0 unspecified atom stereocenters. The Balaban J connectivity index is 1.27. The van der Waals surface area contributed by atoms with Gasteiger partial charge in [0.25, 0.3) is 5.91 Å². The van der Waals surface area contributed by atoms with Crippen molar-refractivity contribution in [2.45, 2.75) is 37.8 Å². The van der Waals surface area contributed by atoms with Gasteiger partial charge in [0.15, 0.2) is 6.10 Å². The monoisotopic (exact) mass is 505 g/mol. The lowest BCUT2D eigenvalue weighted by molar-refractivity contribution is -0.127. The summed E-state index contributed by atoms with van der Waals surface area (Å²) in [6, 6.07) is 24.2. The molecule has 0 aliphatic carbocycles. The lowest BCUT2D eigenvalue weighted by Gasteiger charge is -2.34. The summed E-state index contributed by atoms with van der Waals surface area (Å²) in [6.07, 6.45) is 1.55. The van der Waals surface area contributed by atoms with Gasteiger partial charge in [0.1, 0.15) is 5.75 Å². The number of likely N-dealkylation sites (tertiary alicyclic amines) is 1. The first-order valence-electron chi connectivity index (χ1n) is 12.4. The van der Waals surface area contributed by atoms with Crippen molar-refractivity contribution in [3.05, 3.63) is 95.6 Å². The Bertz CT molecular complexity index is 1310. The highest BCUT2D eigenvalue weighted by atomic mass is 32.2. The average Bonchev–Trinajstić information content (AvgIpc) is 3.40. The number of sulfonamides is 1. The number of ether oxygens (including phenoxy) is 1. The van der Waals surface area contributed by atoms with Crippen LogP contribution in [0.25, 0.3) is 0 Å². The molecule has 1 fully saturated rings. The van der Waals surface area contributed by atoms with Crippen molar-refractivity contribution in [3.63, 3.8) is 0 Å². The van der Waals surface area contributed by atoms with Gasteiger partial charge >= 0.3 is 0 Å². The fourth-order valence-corrected chi connectivity index (χ4v) is 6.39. The van der Waals surface area contributed by atoms with Crippen molar-refractivity contribution in [1.82, 2.24) is 10.2 Å². The molecular weight excluding hydrogens is 474 g/mol. The number of hydrogen-bond acceptors (Lipinski definition) is 5. The summed E-state index contributed by atoms with van der Waals surface area (Å²) in [6.45, 7) is 3.45. The Hall–Kier alpha value is -3.36. The van der Waals surface area contributed by atoms with E-state index in [9.17, 15) is 13.2 Å².